The molecule has 1 aliphatic rings. The van der Waals surface area contributed by atoms with Gasteiger partial charge in [-0.25, -0.2) is 4.98 Å². The number of amides is 2. The van der Waals surface area contributed by atoms with E-state index in [-0.39, 0.29) is 31.5 Å². The number of esters is 1. The van der Waals surface area contributed by atoms with Crippen LogP contribution in [-0.2, 0) is 25.5 Å². The van der Waals surface area contributed by atoms with Gasteiger partial charge in [0.2, 0.25) is 5.91 Å². The highest BCUT2D eigenvalue weighted by Gasteiger charge is 2.24. The maximum Gasteiger partial charge on any atom is 0.312 e. The summed E-state index contributed by atoms with van der Waals surface area (Å²) in [5, 5.41) is 7.45. The van der Waals surface area contributed by atoms with Gasteiger partial charge in [-0.15, -0.1) is 22.7 Å². The monoisotopic (exact) mass is 393 g/mol. The summed E-state index contributed by atoms with van der Waals surface area (Å²) < 4.78 is 5.01. The molecule has 0 unspecified atom stereocenters. The molecule has 0 bridgehead atoms. The second-order valence-electron chi connectivity index (χ2n) is 6.05. The van der Waals surface area contributed by atoms with E-state index in [0.717, 1.165) is 22.7 Å². The molecule has 0 spiro atoms. The van der Waals surface area contributed by atoms with Crippen molar-refractivity contribution in [3.05, 3.63) is 28.6 Å². The first kappa shape index (κ1) is 18.5. The number of thiophene rings is 1. The molecule has 9 heteroatoms. The number of aromatic nitrogens is 1. The maximum absolute atomic E-state index is 12.0. The Kier molecular flexibility index (Phi) is 6.00. The fourth-order valence-electron chi connectivity index (χ4n) is 2.16. The zero-order chi connectivity index (χ0) is 18.5. The van der Waals surface area contributed by atoms with Crippen molar-refractivity contribution in [2.75, 3.05) is 20.2 Å². The van der Waals surface area contributed by atoms with Gasteiger partial charge in [0.1, 0.15) is 5.01 Å². The standard InChI is InChI=1S/C17H19N3O4S2/c1-20(8-14(21)18-11-4-5-11)15(22)9-24-16(23)7-12-10-26-17(19-12)13-3-2-6-25-13/h2-3,6,10-11H,4-5,7-9H2,1H3,(H,18,21). The highest BCUT2D eigenvalue weighted by Crippen LogP contribution is 2.27. The molecule has 1 fully saturated rings. The molecule has 2 heterocycles. The molecule has 2 aromatic rings. The van der Waals surface area contributed by atoms with Crippen LogP contribution in [0.2, 0.25) is 0 Å². The van der Waals surface area contributed by atoms with Gasteiger partial charge in [-0.05, 0) is 24.3 Å². The first-order valence-electron chi connectivity index (χ1n) is 8.18. The predicted molar refractivity (Wildman–Crippen MR) is 98.9 cm³/mol. The molecule has 138 valence electrons. The van der Waals surface area contributed by atoms with Gasteiger partial charge in [-0.3, -0.25) is 14.4 Å². The Bertz CT molecular complexity index is 784. The molecule has 2 aromatic heterocycles. The third-order valence-corrected chi connectivity index (χ3v) is 5.64. The van der Waals surface area contributed by atoms with Crippen LogP contribution in [0.3, 0.4) is 0 Å². The van der Waals surface area contributed by atoms with Gasteiger partial charge in [0.05, 0.1) is 23.5 Å². The summed E-state index contributed by atoms with van der Waals surface area (Å²) in [6, 6.07) is 4.17. The lowest BCUT2D eigenvalue weighted by molar-refractivity contribution is -0.151. The number of carbonyl (C=O) groups is 3. The van der Waals surface area contributed by atoms with E-state index in [1.165, 1.54) is 23.3 Å². The Morgan fingerprint density at radius 3 is 2.85 bits per heavy atom. The van der Waals surface area contributed by atoms with Gasteiger partial charge in [-0.1, -0.05) is 6.07 Å². The Morgan fingerprint density at radius 2 is 2.15 bits per heavy atom. The Labute approximate surface area is 159 Å². The lowest BCUT2D eigenvalue weighted by Crippen LogP contribution is -2.40. The number of ether oxygens (including phenoxy) is 1. The van der Waals surface area contributed by atoms with Gasteiger partial charge in [0, 0.05) is 18.5 Å². The second-order valence-corrected chi connectivity index (χ2v) is 7.86. The smallest absolute Gasteiger partial charge is 0.312 e. The Morgan fingerprint density at radius 1 is 1.35 bits per heavy atom. The molecule has 2 amide bonds. The number of rotatable bonds is 8. The molecule has 0 radical (unpaired) electrons. The SMILES string of the molecule is CN(CC(=O)NC1CC1)C(=O)COC(=O)Cc1csc(-c2cccs2)n1. The number of nitrogens with zero attached hydrogens (tertiary/aromatic N) is 2. The number of hydrogen-bond donors (Lipinski definition) is 1. The summed E-state index contributed by atoms with van der Waals surface area (Å²) in [4.78, 5) is 42.2. The zero-order valence-electron chi connectivity index (χ0n) is 14.3. The highest BCUT2D eigenvalue weighted by atomic mass is 32.1. The van der Waals surface area contributed by atoms with Crippen molar-refractivity contribution in [1.82, 2.24) is 15.2 Å². The van der Waals surface area contributed by atoms with Crippen LogP contribution in [-0.4, -0.2) is 53.9 Å². The van der Waals surface area contributed by atoms with Crippen molar-refractivity contribution >= 4 is 40.5 Å². The maximum atomic E-state index is 12.0. The number of carbonyl (C=O) groups excluding carboxylic acids is 3. The van der Waals surface area contributed by atoms with E-state index in [1.807, 2.05) is 22.9 Å². The molecular weight excluding hydrogens is 374 g/mol. The quantitative estimate of drug-likeness (QED) is 0.690. The van der Waals surface area contributed by atoms with Crippen molar-refractivity contribution in [3.8, 4) is 9.88 Å². The fraction of sp³-hybridized carbons (Fsp3) is 0.412. The normalized spacial score (nSPS) is 13.3. The third-order valence-electron chi connectivity index (χ3n) is 3.71. The van der Waals surface area contributed by atoms with E-state index in [0.29, 0.717) is 5.69 Å². The molecule has 7 nitrogen and oxygen atoms in total. The summed E-state index contributed by atoms with van der Waals surface area (Å²) in [6.07, 6.45) is 2.00. The second kappa shape index (κ2) is 8.41. The summed E-state index contributed by atoms with van der Waals surface area (Å²) in [5.74, 6) is -1.13. The summed E-state index contributed by atoms with van der Waals surface area (Å²) in [6.45, 7) is -0.420. The summed E-state index contributed by atoms with van der Waals surface area (Å²) >= 11 is 3.05. The first-order valence-corrected chi connectivity index (χ1v) is 9.94. The van der Waals surface area contributed by atoms with Gasteiger partial charge in [-0.2, -0.15) is 0 Å². The van der Waals surface area contributed by atoms with E-state index in [1.54, 1.807) is 11.3 Å². The minimum Gasteiger partial charge on any atom is -0.455 e. The molecule has 0 aromatic carbocycles. The number of nitrogens with one attached hydrogen (secondary N) is 1. The molecule has 0 atom stereocenters. The fourth-order valence-corrected chi connectivity index (χ4v) is 3.79. The van der Waals surface area contributed by atoms with E-state index in [4.69, 9.17) is 4.74 Å². The van der Waals surface area contributed by atoms with Crippen molar-refractivity contribution in [2.45, 2.75) is 25.3 Å². The molecule has 26 heavy (non-hydrogen) atoms. The summed E-state index contributed by atoms with van der Waals surface area (Å²) in [7, 11) is 1.51. The first-order chi connectivity index (χ1) is 12.5. The average Bonchev–Trinajstić information content (AvgIpc) is 3.08. The van der Waals surface area contributed by atoms with Crippen molar-refractivity contribution < 1.29 is 19.1 Å². The van der Waals surface area contributed by atoms with E-state index in [2.05, 4.69) is 10.3 Å². The van der Waals surface area contributed by atoms with Crippen LogP contribution < -0.4 is 5.32 Å². The van der Waals surface area contributed by atoms with Gasteiger partial charge in [0.15, 0.2) is 6.61 Å². The molecule has 1 saturated carbocycles. The van der Waals surface area contributed by atoms with Crippen LogP contribution in [0.25, 0.3) is 9.88 Å². The van der Waals surface area contributed by atoms with Crippen molar-refractivity contribution in [3.63, 3.8) is 0 Å². The van der Waals surface area contributed by atoms with E-state index in [9.17, 15) is 14.4 Å². The highest BCUT2D eigenvalue weighted by molar-refractivity contribution is 7.20. The predicted octanol–water partition coefficient (Wildman–Crippen LogP) is 1.69. The van der Waals surface area contributed by atoms with Crippen LogP contribution in [0.5, 0.6) is 0 Å². The van der Waals surface area contributed by atoms with Crippen LogP contribution in [0.15, 0.2) is 22.9 Å². The van der Waals surface area contributed by atoms with Crippen LogP contribution in [0, 0.1) is 0 Å². The van der Waals surface area contributed by atoms with E-state index < -0.39 is 11.9 Å². The lowest BCUT2D eigenvalue weighted by atomic mass is 10.3. The molecule has 1 aliphatic carbocycles. The molecule has 3 rings (SSSR count). The van der Waals surface area contributed by atoms with Gasteiger partial charge >= 0.3 is 5.97 Å². The minimum absolute atomic E-state index is 0.0149. The van der Waals surface area contributed by atoms with E-state index >= 15 is 0 Å². The Balaban J connectivity index is 1.40. The lowest BCUT2D eigenvalue weighted by Gasteiger charge is -2.16. The van der Waals surface area contributed by atoms with Crippen LogP contribution in [0.1, 0.15) is 18.5 Å². The van der Waals surface area contributed by atoms with Crippen molar-refractivity contribution in [1.29, 1.82) is 0 Å². The number of hydrogen-bond acceptors (Lipinski definition) is 7. The van der Waals surface area contributed by atoms with Crippen LogP contribution in [0.4, 0.5) is 0 Å². The molecule has 0 aliphatic heterocycles. The zero-order valence-corrected chi connectivity index (χ0v) is 15.9. The molecule has 0 saturated heterocycles. The van der Waals surface area contributed by atoms with Gasteiger partial charge in [0.25, 0.3) is 5.91 Å². The number of thiazole rings is 1. The molecular formula is C17H19N3O4S2. The van der Waals surface area contributed by atoms with Crippen LogP contribution >= 0.6 is 22.7 Å². The average molecular weight is 393 g/mol. The largest absolute Gasteiger partial charge is 0.455 e. The summed E-state index contributed by atoms with van der Waals surface area (Å²) in [5.41, 5.74) is 0.619. The third kappa shape index (κ3) is 5.37. The Hall–Kier alpha value is -2.26. The van der Waals surface area contributed by atoms with Crippen molar-refractivity contribution in [2.24, 2.45) is 0 Å². The minimum atomic E-state index is -0.516. The molecule has 1 N–H and O–H groups in total. The topological polar surface area (TPSA) is 88.6 Å². The number of likely N-dealkylation sites (N-methyl/N-ethyl adjacent to an activating group) is 1. The van der Waals surface area contributed by atoms with Gasteiger partial charge < -0.3 is 15.0 Å².